The highest BCUT2D eigenvalue weighted by Crippen LogP contribution is 2.28. The number of nitrogens with one attached hydrogen (secondary N) is 1. The zero-order valence-corrected chi connectivity index (χ0v) is 10.4. The van der Waals surface area contributed by atoms with E-state index < -0.39 is 5.82 Å². The number of nitriles is 1. The van der Waals surface area contributed by atoms with E-state index in [1.807, 2.05) is 6.07 Å². The summed E-state index contributed by atoms with van der Waals surface area (Å²) in [7, 11) is 0. The van der Waals surface area contributed by atoms with Gasteiger partial charge in [-0.2, -0.15) is 5.26 Å². The van der Waals surface area contributed by atoms with Crippen LogP contribution in [0.15, 0.2) is 23.2 Å². The molecule has 17 heavy (non-hydrogen) atoms. The van der Waals surface area contributed by atoms with Crippen LogP contribution in [0, 0.1) is 17.1 Å². The number of anilines is 1. The molecule has 0 fully saturated rings. The Balaban J connectivity index is 2.18. The van der Waals surface area contributed by atoms with Gasteiger partial charge in [0.1, 0.15) is 11.9 Å². The summed E-state index contributed by atoms with van der Waals surface area (Å²) in [6.45, 7) is 4.11. The summed E-state index contributed by atoms with van der Waals surface area (Å²) in [6.07, 6.45) is 0. The molecule has 3 nitrogen and oxygen atoms in total. The predicted octanol–water partition coefficient (Wildman–Crippen LogP) is 2.99. The van der Waals surface area contributed by atoms with Crippen LogP contribution in [-0.2, 0) is 0 Å². The van der Waals surface area contributed by atoms with E-state index in [2.05, 4.69) is 24.2 Å². The third-order valence-electron chi connectivity index (χ3n) is 2.30. The summed E-state index contributed by atoms with van der Waals surface area (Å²) >= 11 is 1.62. The number of thioether (sulfide) groups is 1. The van der Waals surface area contributed by atoms with E-state index in [9.17, 15) is 4.39 Å². The van der Waals surface area contributed by atoms with Gasteiger partial charge < -0.3 is 5.32 Å². The van der Waals surface area contributed by atoms with Gasteiger partial charge >= 0.3 is 0 Å². The standard InChI is InChI=1S/C12H12FN3S/c1-12(2)7-17-11(16-12)15-9-3-4-10(13)8(5-9)6-14/h3-5H,7H2,1-2H3,(H,15,16). The predicted molar refractivity (Wildman–Crippen MR) is 68.7 cm³/mol. The van der Waals surface area contributed by atoms with Crippen molar-refractivity contribution >= 4 is 22.6 Å². The van der Waals surface area contributed by atoms with Crippen LogP contribution in [0.4, 0.5) is 10.1 Å². The van der Waals surface area contributed by atoms with E-state index in [0.717, 1.165) is 10.9 Å². The van der Waals surface area contributed by atoms with Gasteiger partial charge in [0.2, 0.25) is 0 Å². The van der Waals surface area contributed by atoms with Crippen molar-refractivity contribution in [3.05, 3.63) is 29.6 Å². The maximum absolute atomic E-state index is 13.1. The van der Waals surface area contributed by atoms with Crippen LogP contribution in [0.2, 0.25) is 0 Å². The van der Waals surface area contributed by atoms with Crippen molar-refractivity contribution in [3.63, 3.8) is 0 Å². The summed E-state index contributed by atoms with van der Waals surface area (Å²) in [5, 5.41) is 12.6. The van der Waals surface area contributed by atoms with Crippen LogP contribution >= 0.6 is 11.8 Å². The molecule has 1 aromatic rings. The molecule has 0 amide bonds. The Morgan fingerprint density at radius 2 is 2.29 bits per heavy atom. The molecule has 0 radical (unpaired) electrons. The summed E-state index contributed by atoms with van der Waals surface area (Å²) in [4.78, 5) is 4.49. The number of aliphatic imine (C=N–C) groups is 1. The molecule has 88 valence electrons. The molecule has 1 heterocycles. The van der Waals surface area contributed by atoms with Crippen LogP contribution in [0.3, 0.4) is 0 Å². The number of rotatable bonds is 1. The molecule has 0 saturated carbocycles. The smallest absolute Gasteiger partial charge is 0.161 e. The summed E-state index contributed by atoms with van der Waals surface area (Å²) in [5.41, 5.74) is 0.662. The van der Waals surface area contributed by atoms with Crippen molar-refractivity contribution in [2.75, 3.05) is 11.1 Å². The van der Waals surface area contributed by atoms with Crippen molar-refractivity contribution < 1.29 is 4.39 Å². The minimum atomic E-state index is -0.501. The van der Waals surface area contributed by atoms with E-state index in [-0.39, 0.29) is 11.1 Å². The van der Waals surface area contributed by atoms with Gasteiger partial charge in [0.25, 0.3) is 0 Å². The minimum absolute atomic E-state index is 0.0397. The van der Waals surface area contributed by atoms with E-state index in [1.54, 1.807) is 17.8 Å². The Morgan fingerprint density at radius 1 is 1.53 bits per heavy atom. The molecule has 0 aliphatic carbocycles. The second-order valence-electron chi connectivity index (χ2n) is 4.45. The summed E-state index contributed by atoms with van der Waals surface area (Å²) in [6, 6.07) is 6.19. The third-order valence-corrected chi connectivity index (χ3v) is 3.62. The Morgan fingerprint density at radius 3 is 2.88 bits per heavy atom. The van der Waals surface area contributed by atoms with Gasteiger partial charge in [-0.25, -0.2) is 4.39 Å². The highest BCUT2D eigenvalue weighted by molar-refractivity contribution is 8.14. The summed E-state index contributed by atoms with van der Waals surface area (Å²) in [5.74, 6) is 0.418. The summed E-state index contributed by atoms with van der Waals surface area (Å²) < 4.78 is 13.1. The fourth-order valence-electron chi connectivity index (χ4n) is 1.46. The number of halogens is 1. The minimum Gasteiger partial charge on any atom is -0.335 e. The van der Waals surface area contributed by atoms with E-state index in [0.29, 0.717) is 5.69 Å². The Labute approximate surface area is 104 Å². The normalized spacial score (nSPS) is 17.4. The SMILES string of the molecule is CC1(C)CSC(Nc2ccc(F)c(C#N)c2)=N1. The van der Waals surface area contributed by atoms with Crippen LogP contribution in [-0.4, -0.2) is 16.5 Å². The largest absolute Gasteiger partial charge is 0.335 e. The Hall–Kier alpha value is -1.54. The van der Waals surface area contributed by atoms with Gasteiger partial charge in [0.05, 0.1) is 11.1 Å². The maximum Gasteiger partial charge on any atom is 0.161 e. The van der Waals surface area contributed by atoms with E-state index >= 15 is 0 Å². The monoisotopic (exact) mass is 249 g/mol. The van der Waals surface area contributed by atoms with Gasteiger partial charge in [-0.15, -0.1) is 0 Å². The fraction of sp³-hybridized carbons (Fsp3) is 0.333. The van der Waals surface area contributed by atoms with Crippen LogP contribution < -0.4 is 5.32 Å². The number of benzene rings is 1. The van der Waals surface area contributed by atoms with Crippen molar-refractivity contribution in [2.24, 2.45) is 4.99 Å². The van der Waals surface area contributed by atoms with Crippen molar-refractivity contribution in [1.82, 2.24) is 0 Å². The first-order valence-electron chi connectivity index (χ1n) is 5.19. The van der Waals surface area contributed by atoms with E-state index in [4.69, 9.17) is 5.26 Å². The molecule has 0 unspecified atom stereocenters. The first kappa shape index (κ1) is 11.9. The second kappa shape index (κ2) is 4.38. The lowest BCUT2D eigenvalue weighted by molar-refractivity contribution is 0.605. The average molecular weight is 249 g/mol. The molecule has 1 aliphatic rings. The van der Waals surface area contributed by atoms with Crippen LogP contribution in [0.1, 0.15) is 19.4 Å². The molecule has 0 bridgehead atoms. The number of hydrogen-bond acceptors (Lipinski definition) is 4. The van der Waals surface area contributed by atoms with Gasteiger partial charge in [-0.05, 0) is 32.0 Å². The van der Waals surface area contributed by atoms with Gasteiger partial charge in [0, 0.05) is 11.4 Å². The fourth-order valence-corrected chi connectivity index (χ4v) is 2.52. The molecule has 1 aliphatic heterocycles. The van der Waals surface area contributed by atoms with Gasteiger partial charge in [-0.3, -0.25) is 4.99 Å². The average Bonchev–Trinajstić information content (AvgIpc) is 2.61. The molecule has 1 N–H and O–H groups in total. The third kappa shape index (κ3) is 2.77. The molecular weight excluding hydrogens is 237 g/mol. The van der Waals surface area contributed by atoms with E-state index in [1.165, 1.54) is 12.1 Å². The zero-order valence-electron chi connectivity index (χ0n) is 9.62. The molecule has 0 aromatic heterocycles. The lowest BCUT2D eigenvalue weighted by Gasteiger charge is -2.09. The van der Waals surface area contributed by atoms with Crippen molar-refractivity contribution in [1.29, 1.82) is 5.26 Å². The Bertz CT molecular complexity index is 517. The molecule has 5 heteroatoms. The van der Waals surface area contributed by atoms with Crippen molar-refractivity contribution in [2.45, 2.75) is 19.4 Å². The topological polar surface area (TPSA) is 48.2 Å². The molecular formula is C12H12FN3S. The lowest BCUT2D eigenvalue weighted by Crippen LogP contribution is -2.15. The Kier molecular flexibility index (Phi) is 3.07. The highest BCUT2D eigenvalue weighted by Gasteiger charge is 2.25. The van der Waals surface area contributed by atoms with Gasteiger partial charge in [0.15, 0.2) is 5.17 Å². The van der Waals surface area contributed by atoms with Crippen LogP contribution in [0.5, 0.6) is 0 Å². The first-order valence-corrected chi connectivity index (χ1v) is 6.18. The molecule has 0 atom stereocenters. The number of hydrogen-bond donors (Lipinski definition) is 1. The number of amidine groups is 1. The first-order chi connectivity index (χ1) is 8.00. The second-order valence-corrected chi connectivity index (χ2v) is 5.41. The molecule has 1 aromatic carbocycles. The molecule has 2 rings (SSSR count). The zero-order chi connectivity index (χ0) is 12.5. The van der Waals surface area contributed by atoms with Gasteiger partial charge in [-0.1, -0.05) is 11.8 Å². The molecule has 0 saturated heterocycles. The van der Waals surface area contributed by atoms with Crippen LogP contribution in [0.25, 0.3) is 0 Å². The molecule has 0 spiro atoms. The maximum atomic E-state index is 13.1. The highest BCUT2D eigenvalue weighted by atomic mass is 32.2. The van der Waals surface area contributed by atoms with Crippen molar-refractivity contribution in [3.8, 4) is 6.07 Å². The number of nitrogens with zero attached hydrogens (tertiary/aromatic N) is 2. The quantitative estimate of drug-likeness (QED) is 0.832. The lowest BCUT2D eigenvalue weighted by atomic mass is 10.1.